The Labute approximate surface area is 247 Å². The Morgan fingerprint density at radius 2 is 1.81 bits per heavy atom. The van der Waals surface area contributed by atoms with Crippen LogP contribution in [0.4, 0.5) is 4.39 Å². The van der Waals surface area contributed by atoms with E-state index in [1.165, 1.54) is 30.2 Å². The van der Waals surface area contributed by atoms with Crippen molar-refractivity contribution in [3.8, 4) is 17.0 Å². The van der Waals surface area contributed by atoms with Gasteiger partial charge in [-0.15, -0.1) is 5.10 Å². The second kappa shape index (κ2) is 10.6. The Hall–Kier alpha value is -3.95. The molecule has 0 radical (unpaired) electrons. The van der Waals surface area contributed by atoms with Gasteiger partial charge >= 0.3 is 0 Å². The molecular weight excluding hydrogens is 575 g/mol. The zero-order valence-electron chi connectivity index (χ0n) is 24.0. The number of methoxy groups -OCH3 is 1. The van der Waals surface area contributed by atoms with Crippen LogP contribution in [0.5, 0.6) is 5.75 Å². The molecule has 6 rings (SSSR count). The lowest BCUT2D eigenvalue weighted by Crippen LogP contribution is -2.55. The first kappa shape index (κ1) is 29.1. The van der Waals surface area contributed by atoms with Crippen molar-refractivity contribution in [2.45, 2.75) is 29.6 Å². The van der Waals surface area contributed by atoms with Crippen molar-refractivity contribution >= 4 is 31.8 Å². The molecule has 2 aromatic carbocycles. The summed E-state index contributed by atoms with van der Waals surface area (Å²) in [6, 6.07) is 10.9. The van der Waals surface area contributed by atoms with Crippen molar-refractivity contribution in [1.29, 1.82) is 0 Å². The van der Waals surface area contributed by atoms with Crippen LogP contribution < -0.4 is 21.9 Å². The van der Waals surface area contributed by atoms with E-state index in [9.17, 15) is 12.8 Å². The molecular formula is C29H33FN8O4S. The second-order valence-electron chi connectivity index (χ2n) is 11.0. The third kappa shape index (κ3) is 5.04. The molecule has 226 valence electrons. The van der Waals surface area contributed by atoms with Gasteiger partial charge in [-0.2, -0.15) is 0 Å². The number of hydrogen-bond donors (Lipinski definition) is 3. The first-order valence-electron chi connectivity index (χ1n) is 13.7. The average molecular weight is 609 g/mol. The molecule has 6 N–H and O–H groups in total. The number of nitrogens with zero attached hydrogens (tertiary/aromatic N) is 5. The van der Waals surface area contributed by atoms with Crippen LogP contribution in [-0.2, 0) is 27.4 Å². The zero-order valence-corrected chi connectivity index (χ0v) is 24.8. The molecule has 4 heterocycles. The molecule has 0 aliphatic carbocycles. The molecule has 1 unspecified atom stereocenters. The lowest BCUT2D eigenvalue weighted by atomic mass is 9.86. The summed E-state index contributed by atoms with van der Waals surface area (Å²) in [6.07, 6.45) is 4.21. The highest BCUT2D eigenvalue weighted by molar-refractivity contribution is 7.91. The molecule has 0 spiro atoms. The Balaban J connectivity index is 1.78. The molecule has 0 amide bonds. The smallest absolute Gasteiger partial charge is 0.177 e. The lowest BCUT2D eigenvalue weighted by molar-refractivity contribution is 0.0552. The minimum atomic E-state index is -3.73. The van der Waals surface area contributed by atoms with Crippen LogP contribution in [0.25, 0.3) is 33.2 Å². The summed E-state index contributed by atoms with van der Waals surface area (Å²) in [5, 5.41) is 8.73. The number of halogens is 1. The summed E-state index contributed by atoms with van der Waals surface area (Å²) in [7, 11) is -0.513. The number of aromatic nitrogens is 5. The molecule has 0 bridgehead atoms. The predicted molar refractivity (Wildman–Crippen MR) is 159 cm³/mol. The summed E-state index contributed by atoms with van der Waals surface area (Å²) in [5.74, 6) is -1.66. The van der Waals surface area contributed by atoms with Crippen molar-refractivity contribution in [2.24, 2.45) is 30.2 Å². The predicted octanol–water partition coefficient (Wildman–Crippen LogP) is 2.54. The maximum Gasteiger partial charge on any atom is 0.177 e. The Bertz CT molecular complexity index is 1940. The number of aryl methyl sites for hydroxylation is 1. The molecule has 43 heavy (non-hydrogen) atoms. The Morgan fingerprint density at radius 1 is 1.12 bits per heavy atom. The van der Waals surface area contributed by atoms with E-state index in [4.69, 9.17) is 31.7 Å². The number of nitrogens with two attached hydrogens (primary N) is 3. The van der Waals surface area contributed by atoms with Gasteiger partial charge in [-0.05, 0) is 54.7 Å². The van der Waals surface area contributed by atoms with Crippen LogP contribution in [0.15, 0.2) is 53.6 Å². The SMILES string of the molecule is COc1ccc(S(C)(=O)=O)c2c1c1ncc(-c3c(C(N)(N)N)nnn3C)cc1n2C(c1ccc(F)cc1)C1CCOCC1. The molecule has 12 nitrogen and oxygen atoms in total. The number of benzene rings is 2. The van der Waals surface area contributed by atoms with Crippen LogP contribution in [0.3, 0.4) is 0 Å². The van der Waals surface area contributed by atoms with E-state index in [-0.39, 0.29) is 22.3 Å². The van der Waals surface area contributed by atoms with E-state index in [2.05, 4.69) is 10.3 Å². The number of sulfone groups is 1. The summed E-state index contributed by atoms with van der Waals surface area (Å²) < 4.78 is 55.7. The van der Waals surface area contributed by atoms with Crippen LogP contribution >= 0.6 is 0 Å². The monoisotopic (exact) mass is 608 g/mol. The van der Waals surface area contributed by atoms with Gasteiger partial charge in [0.05, 0.1) is 45.7 Å². The molecule has 5 aromatic rings. The van der Waals surface area contributed by atoms with Gasteiger partial charge in [-0.25, -0.2) is 17.5 Å². The Kier molecular flexibility index (Phi) is 7.21. The van der Waals surface area contributed by atoms with E-state index >= 15 is 0 Å². The maximum atomic E-state index is 14.2. The van der Waals surface area contributed by atoms with Gasteiger partial charge in [0, 0.05) is 38.3 Å². The second-order valence-corrected chi connectivity index (χ2v) is 13.0. The molecule has 3 aromatic heterocycles. The van der Waals surface area contributed by atoms with Gasteiger partial charge < -0.3 is 14.0 Å². The van der Waals surface area contributed by atoms with Crippen LogP contribution in [0, 0.1) is 11.7 Å². The zero-order chi connectivity index (χ0) is 30.7. The quantitative estimate of drug-likeness (QED) is 0.233. The van der Waals surface area contributed by atoms with Gasteiger partial charge in [0.25, 0.3) is 0 Å². The average Bonchev–Trinajstić information content (AvgIpc) is 3.52. The highest BCUT2D eigenvalue weighted by atomic mass is 32.2. The molecule has 0 saturated carbocycles. The highest BCUT2D eigenvalue weighted by Crippen LogP contribution is 2.45. The summed E-state index contributed by atoms with van der Waals surface area (Å²) in [4.78, 5) is 4.97. The van der Waals surface area contributed by atoms with Crippen LogP contribution in [0.1, 0.15) is 30.1 Å². The van der Waals surface area contributed by atoms with Crippen LogP contribution in [-0.4, -0.2) is 59.5 Å². The molecule has 1 aliphatic heterocycles. The molecule has 1 aliphatic rings. The summed E-state index contributed by atoms with van der Waals surface area (Å²) in [6.45, 7) is 1.09. The van der Waals surface area contributed by atoms with Crippen LogP contribution in [0.2, 0.25) is 0 Å². The number of pyridine rings is 1. The lowest BCUT2D eigenvalue weighted by Gasteiger charge is -2.33. The molecule has 1 saturated heterocycles. The van der Waals surface area contributed by atoms with Gasteiger partial charge in [0.1, 0.15) is 17.3 Å². The fourth-order valence-electron chi connectivity index (χ4n) is 6.16. The standard InChI is InChI=1S/C29H33FN8O4S/c1-37-26(28(35-36-37)29(31,32)33)18-14-20-24(34-15-18)23-21(41-2)8-9-22(43(3,39)40)27(23)38(20)25(17-10-12-42-13-11-17)16-4-6-19(30)7-5-16/h4-9,14-15,17,25H,10-13,31-33H2,1-3H3. The van der Waals surface area contributed by atoms with Crippen molar-refractivity contribution in [2.75, 3.05) is 26.6 Å². The number of ether oxygens (including phenoxy) is 2. The summed E-state index contributed by atoms with van der Waals surface area (Å²) in [5.41, 5.74) is 21.7. The Morgan fingerprint density at radius 3 is 2.44 bits per heavy atom. The number of hydrogen-bond acceptors (Lipinski definition) is 10. The highest BCUT2D eigenvalue weighted by Gasteiger charge is 2.34. The first-order chi connectivity index (χ1) is 20.4. The van der Waals surface area contributed by atoms with Gasteiger partial charge in [0.2, 0.25) is 0 Å². The number of fused-ring (bicyclic) bond motifs is 3. The minimum absolute atomic E-state index is 0.0268. The third-order valence-electron chi connectivity index (χ3n) is 8.04. The van der Waals surface area contributed by atoms with E-state index in [0.717, 1.165) is 5.56 Å². The molecule has 14 heteroatoms. The van der Waals surface area contributed by atoms with Crippen molar-refractivity contribution in [1.82, 2.24) is 24.5 Å². The number of rotatable bonds is 7. The van der Waals surface area contributed by atoms with Gasteiger partial charge in [-0.1, -0.05) is 17.3 Å². The topological polar surface area (TPSA) is 179 Å². The summed E-state index contributed by atoms with van der Waals surface area (Å²) >= 11 is 0. The van der Waals surface area contributed by atoms with Crippen molar-refractivity contribution < 1.29 is 22.3 Å². The fraction of sp³-hybridized carbons (Fsp3) is 0.345. The van der Waals surface area contributed by atoms with E-state index in [1.807, 2.05) is 10.6 Å². The third-order valence-corrected chi connectivity index (χ3v) is 9.17. The minimum Gasteiger partial charge on any atom is -0.496 e. The van der Waals surface area contributed by atoms with E-state index < -0.39 is 21.7 Å². The van der Waals surface area contributed by atoms with E-state index in [1.54, 1.807) is 37.5 Å². The van der Waals surface area contributed by atoms with Crippen molar-refractivity contribution in [3.05, 3.63) is 65.7 Å². The fourth-order valence-corrected chi connectivity index (χ4v) is 7.02. The largest absolute Gasteiger partial charge is 0.496 e. The van der Waals surface area contributed by atoms with Gasteiger partial charge in [0.15, 0.2) is 15.6 Å². The maximum absolute atomic E-state index is 14.2. The molecule has 1 atom stereocenters. The van der Waals surface area contributed by atoms with Gasteiger partial charge in [-0.3, -0.25) is 22.2 Å². The molecule has 1 fully saturated rings. The van der Waals surface area contributed by atoms with Crippen molar-refractivity contribution in [3.63, 3.8) is 0 Å². The normalized spacial score (nSPS) is 15.8. The first-order valence-corrected chi connectivity index (χ1v) is 15.6. The van der Waals surface area contributed by atoms with E-state index in [0.29, 0.717) is 65.0 Å².